The van der Waals surface area contributed by atoms with Crippen molar-refractivity contribution < 1.29 is 28.3 Å². The van der Waals surface area contributed by atoms with Gasteiger partial charge in [0.05, 0.1) is 29.7 Å². The van der Waals surface area contributed by atoms with Crippen molar-refractivity contribution >= 4 is 11.7 Å². The summed E-state index contributed by atoms with van der Waals surface area (Å²) in [5, 5.41) is 19.2. The maximum Gasteiger partial charge on any atom is 0.329 e. The van der Waals surface area contributed by atoms with Crippen LogP contribution in [-0.2, 0) is 11.2 Å². The summed E-state index contributed by atoms with van der Waals surface area (Å²) in [7, 11) is 0.985. The van der Waals surface area contributed by atoms with Crippen molar-refractivity contribution in [2.24, 2.45) is 0 Å². The number of nitro groups is 1. The molecular weight excluding hydrogens is 254 g/mol. The molecule has 0 saturated carbocycles. The fourth-order valence-electron chi connectivity index (χ4n) is 1.39. The number of aromatic nitrogens is 1. The molecule has 0 aliphatic heterocycles. The van der Waals surface area contributed by atoms with Gasteiger partial charge in [0.2, 0.25) is 5.75 Å². The molecule has 9 heteroatoms. The summed E-state index contributed by atoms with van der Waals surface area (Å²) in [6.07, 6.45) is -3.20. The third kappa shape index (κ3) is 2.67. The summed E-state index contributed by atoms with van der Waals surface area (Å²) in [4.78, 5) is 23.6. The molecule has 1 aromatic rings. The van der Waals surface area contributed by atoms with E-state index >= 15 is 0 Å². The van der Waals surface area contributed by atoms with Crippen LogP contribution < -0.4 is 4.74 Å². The van der Waals surface area contributed by atoms with Crippen LogP contribution in [0.5, 0.6) is 5.75 Å². The van der Waals surface area contributed by atoms with Gasteiger partial charge in [-0.1, -0.05) is 0 Å². The van der Waals surface area contributed by atoms with E-state index in [1.54, 1.807) is 0 Å². The Labute approximate surface area is 99.2 Å². The minimum Gasteiger partial charge on any atom is -0.490 e. The number of carbonyl (C=O) groups is 1. The highest BCUT2D eigenvalue weighted by atomic mass is 19.3. The monoisotopic (exact) mass is 262 g/mol. The van der Waals surface area contributed by atoms with Crippen LogP contribution in [0.2, 0.25) is 0 Å². The van der Waals surface area contributed by atoms with Gasteiger partial charge in [-0.2, -0.15) is 0 Å². The van der Waals surface area contributed by atoms with E-state index in [2.05, 4.69) is 9.72 Å². The summed E-state index contributed by atoms with van der Waals surface area (Å²) in [6, 6.07) is 0. The van der Waals surface area contributed by atoms with E-state index < -0.39 is 46.4 Å². The lowest BCUT2D eigenvalue weighted by Gasteiger charge is -2.11. The molecule has 0 aromatic carbocycles. The van der Waals surface area contributed by atoms with Gasteiger partial charge in [0, 0.05) is 0 Å². The maximum atomic E-state index is 12.8. The van der Waals surface area contributed by atoms with Gasteiger partial charge in [-0.25, -0.2) is 8.78 Å². The molecule has 0 aliphatic carbocycles. The third-order valence-electron chi connectivity index (χ3n) is 2.07. The molecule has 1 N–H and O–H groups in total. The smallest absolute Gasteiger partial charge is 0.329 e. The van der Waals surface area contributed by atoms with Crippen molar-refractivity contribution in [1.29, 1.82) is 0 Å². The molecule has 7 nitrogen and oxygen atoms in total. The number of hydrogen-bond donors (Lipinski definition) is 1. The SMILES string of the molecule is COc1c([N+](=O)[O-])cnc(CC(=O)O)c1C(F)F. The van der Waals surface area contributed by atoms with E-state index in [0.717, 1.165) is 7.11 Å². The average Bonchev–Trinajstić information content (AvgIpc) is 2.26. The minimum atomic E-state index is -3.12. The highest BCUT2D eigenvalue weighted by Gasteiger charge is 2.29. The molecule has 0 atom stereocenters. The van der Waals surface area contributed by atoms with Gasteiger partial charge in [-0.15, -0.1) is 0 Å². The lowest BCUT2D eigenvalue weighted by Crippen LogP contribution is -2.09. The zero-order valence-electron chi connectivity index (χ0n) is 9.09. The van der Waals surface area contributed by atoms with Gasteiger partial charge in [0.15, 0.2) is 0 Å². The Morgan fingerprint density at radius 1 is 1.67 bits per heavy atom. The van der Waals surface area contributed by atoms with Crippen molar-refractivity contribution in [3.8, 4) is 5.75 Å². The molecule has 0 fully saturated rings. The van der Waals surface area contributed by atoms with E-state index in [1.807, 2.05) is 0 Å². The summed E-state index contributed by atoms with van der Waals surface area (Å²) in [5.41, 5.74) is -2.06. The number of carboxylic acid groups (broad SMARTS) is 1. The second-order valence-corrected chi connectivity index (χ2v) is 3.17. The molecule has 0 aliphatic rings. The molecule has 0 bridgehead atoms. The predicted molar refractivity (Wildman–Crippen MR) is 53.7 cm³/mol. The Hall–Kier alpha value is -2.32. The molecule has 1 rings (SSSR count). The number of ether oxygens (including phenoxy) is 1. The van der Waals surface area contributed by atoms with E-state index in [-0.39, 0.29) is 0 Å². The number of nitrogens with zero attached hydrogens (tertiary/aromatic N) is 2. The Balaban J connectivity index is 3.47. The van der Waals surface area contributed by atoms with E-state index in [1.165, 1.54) is 0 Å². The van der Waals surface area contributed by atoms with Gasteiger partial charge in [0.1, 0.15) is 6.20 Å². The van der Waals surface area contributed by atoms with Crippen LogP contribution in [0, 0.1) is 10.1 Å². The fraction of sp³-hybridized carbons (Fsp3) is 0.333. The molecule has 0 spiro atoms. The van der Waals surface area contributed by atoms with E-state index in [9.17, 15) is 23.7 Å². The van der Waals surface area contributed by atoms with Crippen LogP contribution in [-0.4, -0.2) is 28.1 Å². The highest BCUT2D eigenvalue weighted by Crippen LogP contribution is 2.38. The number of rotatable bonds is 5. The minimum absolute atomic E-state index is 0.458. The molecule has 1 heterocycles. The summed E-state index contributed by atoms with van der Waals surface area (Å²) in [5.74, 6) is -2.04. The van der Waals surface area contributed by atoms with Crippen molar-refractivity contribution in [1.82, 2.24) is 4.98 Å². The van der Waals surface area contributed by atoms with Crippen LogP contribution in [0.1, 0.15) is 17.7 Å². The van der Waals surface area contributed by atoms with Crippen LogP contribution in [0.25, 0.3) is 0 Å². The largest absolute Gasteiger partial charge is 0.490 e. The fourth-order valence-corrected chi connectivity index (χ4v) is 1.39. The first-order valence-corrected chi connectivity index (χ1v) is 4.58. The van der Waals surface area contributed by atoms with Gasteiger partial charge < -0.3 is 9.84 Å². The Morgan fingerprint density at radius 3 is 2.67 bits per heavy atom. The molecule has 0 amide bonds. The number of methoxy groups -OCH3 is 1. The zero-order chi connectivity index (χ0) is 13.9. The normalized spacial score (nSPS) is 10.4. The molecule has 0 unspecified atom stereocenters. The average molecular weight is 262 g/mol. The molecule has 98 valence electrons. The van der Waals surface area contributed by atoms with Gasteiger partial charge in [-0.05, 0) is 0 Å². The number of halogens is 2. The number of alkyl halides is 2. The molecule has 0 radical (unpaired) electrons. The van der Waals surface area contributed by atoms with Crippen molar-refractivity contribution in [3.63, 3.8) is 0 Å². The molecular formula is C9H8F2N2O5. The summed E-state index contributed by atoms with van der Waals surface area (Å²) >= 11 is 0. The topological polar surface area (TPSA) is 103 Å². The second-order valence-electron chi connectivity index (χ2n) is 3.17. The number of pyridine rings is 1. The predicted octanol–water partition coefficient (Wildman–Crippen LogP) is 1.56. The first-order chi connectivity index (χ1) is 8.38. The quantitative estimate of drug-likeness (QED) is 0.638. The highest BCUT2D eigenvalue weighted by molar-refractivity contribution is 5.71. The Bertz CT molecular complexity index is 492. The number of hydrogen-bond acceptors (Lipinski definition) is 5. The van der Waals surface area contributed by atoms with Gasteiger partial charge >= 0.3 is 11.7 Å². The van der Waals surface area contributed by atoms with Crippen LogP contribution in [0.3, 0.4) is 0 Å². The van der Waals surface area contributed by atoms with E-state index in [4.69, 9.17) is 5.11 Å². The van der Waals surface area contributed by atoms with E-state index in [0.29, 0.717) is 6.20 Å². The van der Waals surface area contributed by atoms with Crippen molar-refractivity contribution in [2.75, 3.05) is 7.11 Å². The number of aliphatic carboxylic acids is 1. The number of carboxylic acids is 1. The van der Waals surface area contributed by atoms with Crippen LogP contribution in [0.15, 0.2) is 6.20 Å². The zero-order valence-corrected chi connectivity index (χ0v) is 9.09. The van der Waals surface area contributed by atoms with Gasteiger partial charge in [-0.3, -0.25) is 19.9 Å². The lowest BCUT2D eigenvalue weighted by atomic mass is 10.1. The van der Waals surface area contributed by atoms with Crippen molar-refractivity contribution in [2.45, 2.75) is 12.8 Å². The van der Waals surface area contributed by atoms with Crippen LogP contribution in [0.4, 0.5) is 14.5 Å². The Morgan fingerprint density at radius 2 is 2.28 bits per heavy atom. The van der Waals surface area contributed by atoms with Crippen molar-refractivity contribution in [3.05, 3.63) is 27.6 Å². The first kappa shape index (κ1) is 13.7. The summed E-state index contributed by atoms with van der Waals surface area (Å²) in [6.45, 7) is 0. The second kappa shape index (κ2) is 5.34. The standard InChI is InChI=1S/C9H8F2N2O5/c1-18-8-5(13(16)17)3-12-4(2-6(14)15)7(8)9(10)11/h3,9H,2H2,1H3,(H,14,15). The van der Waals surface area contributed by atoms with Crippen LogP contribution >= 0.6 is 0 Å². The molecule has 1 aromatic heterocycles. The summed E-state index contributed by atoms with van der Waals surface area (Å²) < 4.78 is 30.2. The Kier molecular flexibility index (Phi) is 4.08. The maximum absolute atomic E-state index is 12.8. The molecule has 0 saturated heterocycles. The third-order valence-corrected chi connectivity index (χ3v) is 2.07. The molecule has 18 heavy (non-hydrogen) atoms. The van der Waals surface area contributed by atoms with Gasteiger partial charge in [0.25, 0.3) is 6.43 Å². The lowest BCUT2D eigenvalue weighted by molar-refractivity contribution is -0.386. The first-order valence-electron chi connectivity index (χ1n) is 4.58.